The van der Waals surface area contributed by atoms with Crippen molar-refractivity contribution in [3.8, 4) is 0 Å². The fourth-order valence-corrected chi connectivity index (χ4v) is 3.38. The van der Waals surface area contributed by atoms with Crippen LogP contribution >= 0.6 is 0 Å². The van der Waals surface area contributed by atoms with Crippen LogP contribution in [0, 0.1) is 0 Å². The highest BCUT2D eigenvalue weighted by molar-refractivity contribution is 5.89. The van der Waals surface area contributed by atoms with Crippen molar-refractivity contribution in [2.75, 3.05) is 31.5 Å². The minimum Gasteiger partial charge on any atom is -0.324 e. The van der Waals surface area contributed by atoms with Gasteiger partial charge in [0.15, 0.2) is 0 Å². The Hall–Kier alpha value is -1.95. The SMILES string of the molecule is O=C(Nc1cnc(C2CC2)nc1)N1CCC(N2CC=CC2)CC1. The van der Waals surface area contributed by atoms with Crippen LogP contribution < -0.4 is 5.32 Å². The third kappa shape index (κ3) is 3.37. The van der Waals surface area contributed by atoms with E-state index in [0.29, 0.717) is 17.6 Å². The Labute approximate surface area is 136 Å². The van der Waals surface area contributed by atoms with E-state index in [1.165, 1.54) is 12.8 Å². The Morgan fingerprint density at radius 3 is 2.30 bits per heavy atom. The molecule has 1 saturated heterocycles. The Kier molecular flexibility index (Phi) is 3.99. The van der Waals surface area contributed by atoms with Gasteiger partial charge in [0.05, 0.1) is 18.1 Å². The summed E-state index contributed by atoms with van der Waals surface area (Å²) in [6, 6.07) is 0.570. The molecule has 1 saturated carbocycles. The van der Waals surface area contributed by atoms with Crippen LogP contribution in [0.4, 0.5) is 10.5 Å². The minimum atomic E-state index is -0.0363. The van der Waals surface area contributed by atoms with Crippen molar-refractivity contribution in [2.24, 2.45) is 0 Å². The van der Waals surface area contributed by atoms with Crippen molar-refractivity contribution in [3.63, 3.8) is 0 Å². The van der Waals surface area contributed by atoms with Gasteiger partial charge in [-0.2, -0.15) is 0 Å². The van der Waals surface area contributed by atoms with Crippen LogP contribution in [0.1, 0.15) is 37.4 Å². The van der Waals surface area contributed by atoms with E-state index in [0.717, 1.165) is 44.8 Å². The van der Waals surface area contributed by atoms with Crippen LogP contribution in [-0.4, -0.2) is 58.0 Å². The van der Waals surface area contributed by atoms with Gasteiger partial charge in [0.2, 0.25) is 0 Å². The number of anilines is 1. The third-order valence-electron chi connectivity index (χ3n) is 4.98. The van der Waals surface area contributed by atoms with Crippen molar-refractivity contribution < 1.29 is 4.79 Å². The number of amides is 2. The summed E-state index contributed by atoms with van der Waals surface area (Å²) in [6.45, 7) is 3.74. The third-order valence-corrected chi connectivity index (χ3v) is 4.98. The van der Waals surface area contributed by atoms with Crippen molar-refractivity contribution >= 4 is 11.7 Å². The molecule has 1 aromatic rings. The van der Waals surface area contributed by atoms with E-state index in [1.54, 1.807) is 12.4 Å². The summed E-state index contributed by atoms with van der Waals surface area (Å²) in [7, 11) is 0. The number of rotatable bonds is 3. The number of nitrogens with zero attached hydrogens (tertiary/aromatic N) is 4. The Morgan fingerprint density at radius 2 is 1.70 bits per heavy atom. The van der Waals surface area contributed by atoms with Crippen molar-refractivity contribution in [1.82, 2.24) is 19.8 Å². The van der Waals surface area contributed by atoms with Crippen LogP contribution in [0.15, 0.2) is 24.5 Å². The summed E-state index contributed by atoms with van der Waals surface area (Å²) in [5.41, 5.74) is 0.685. The van der Waals surface area contributed by atoms with Gasteiger partial charge in [0.25, 0.3) is 0 Å². The first-order valence-electron chi connectivity index (χ1n) is 8.56. The van der Waals surface area contributed by atoms with Crippen molar-refractivity contribution in [2.45, 2.75) is 37.6 Å². The van der Waals surface area contributed by atoms with E-state index in [4.69, 9.17) is 0 Å². The molecular formula is C17H23N5O. The highest BCUT2D eigenvalue weighted by Crippen LogP contribution is 2.37. The molecule has 1 N–H and O–H groups in total. The van der Waals surface area contributed by atoms with Gasteiger partial charge in [-0.1, -0.05) is 12.2 Å². The van der Waals surface area contributed by atoms with E-state index in [2.05, 4.69) is 32.3 Å². The zero-order chi connectivity index (χ0) is 15.6. The smallest absolute Gasteiger partial charge is 0.321 e. The molecule has 1 aromatic heterocycles. The molecular weight excluding hydrogens is 290 g/mol. The van der Waals surface area contributed by atoms with Crippen molar-refractivity contribution in [1.29, 1.82) is 0 Å². The zero-order valence-corrected chi connectivity index (χ0v) is 13.3. The Balaban J connectivity index is 1.27. The van der Waals surface area contributed by atoms with Gasteiger partial charge in [-0.15, -0.1) is 0 Å². The van der Waals surface area contributed by atoms with Gasteiger partial charge >= 0.3 is 6.03 Å². The molecule has 122 valence electrons. The molecule has 3 heterocycles. The Bertz CT molecular complexity index is 580. The second kappa shape index (κ2) is 6.28. The average Bonchev–Trinajstić information content (AvgIpc) is 3.30. The lowest BCUT2D eigenvalue weighted by molar-refractivity contribution is 0.144. The van der Waals surface area contributed by atoms with Gasteiger partial charge in [-0.05, 0) is 25.7 Å². The summed E-state index contributed by atoms with van der Waals surface area (Å²) in [4.78, 5) is 25.4. The molecule has 0 aromatic carbocycles. The molecule has 2 fully saturated rings. The first-order chi connectivity index (χ1) is 11.3. The highest BCUT2D eigenvalue weighted by atomic mass is 16.2. The number of carbonyl (C=O) groups is 1. The zero-order valence-electron chi connectivity index (χ0n) is 13.3. The predicted molar refractivity (Wildman–Crippen MR) is 88.3 cm³/mol. The number of hydrogen-bond donors (Lipinski definition) is 1. The number of carbonyl (C=O) groups excluding carboxylic acids is 1. The maximum atomic E-state index is 12.4. The maximum Gasteiger partial charge on any atom is 0.321 e. The topological polar surface area (TPSA) is 61.4 Å². The fourth-order valence-electron chi connectivity index (χ4n) is 3.38. The largest absolute Gasteiger partial charge is 0.324 e. The molecule has 0 spiro atoms. The standard InChI is InChI=1S/C17H23N5O/c23-17(20-14-11-18-16(19-12-14)13-3-4-13)22-9-5-15(6-10-22)21-7-1-2-8-21/h1-2,11-13,15H,3-10H2,(H,20,23). The monoisotopic (exact) mass is 313 g/mol. The summed E-state index contributed by atoms with van der Waals surface area (Å²) < 4.78 is 0. The van der Waals surface area contributed by atoms with Gasteiger partial charge in [-0.25, -0.2) is 14.8 Å². The van der Waals surface area contributed by atoms with Crippen LogP contribution in [0.2, 0.25) is 0 Å². The number of piperidine rings is 1. The van der Waals surface area contributed by atoms with Gasteiger partial charge in [0.1, 0.15) is 5.82 Å². The summed E-state index contributed by atoms with van der Waals surface area (Å²) in [6.07, 6.45) is 12.4. The molecule has 3 aliphatic rings. The van der Waals surface area contributed by atoms with Crippen molar-refractivity contribution in [3.05, 3.63) is 30.4 Å². The van der Waals surface area contributed by atoms with E-state index >= 15 is 0 Å². The molecule has 2 amide bonds. The summed E-state index contributed by atoms with van der Waals surface area (Å²) >= 11 is 0. The first kappa shape index (κ1) is 14.6. The second-order valence-corrected chi connectivity index (χ2v) is 6.68. The van der Waals surface area contributed by atoms with Crippen LogP contribution in [-0.2, 0) is 0 Å². The Morgan fingerprint density at radius 1 is 1.04 bits per heavy atom. The molecule has 2 aliphatic heterocycles. The normalized spacial score (nSPS) is 22.5. The fraction of sp³-hybridized carbons (Fsp3) is 0.588. The molecule has 0 unspecified atom stereocenters. The van der Waals surface area contributed by atoms with E-state index in [1.807, 2.05) is 4.90 Å². The molecule has 1 aliphatic carbocycles. The number of aromatic nitrogens is 2. The van der Waals surface area contributed by atoms with E-state index in [-0.39, 0.29) is 6.03 Å². The highest BCUT2D eigenvalue weighted by Gasteiger charge is 2.28. The number of urea groups is 1. The number of hydrogen-bond acceptors (Lipinski definition) is 4. The van der Waals surface area contributed by atoms with E-state index < -0.39 is 0 Å². The molecule has 0 radical (unpaired) electrons. The molecule has 6 nitrogen and oxygen atoms in total. The molecule has 23 heavy (non-hydrogen) atoms. The quantitative estimate of drug-likeness (QED) is 0.869. The van der Waals surface area contributed by atoms with Gasteiger partial charge < -0.3 is 10.2 Å². The lowest BCUT2D eigenvalue weighted by Gasteiger charge is -2.36. The lowest BCUT2D eigenvalue weighted by atomic mass is 10.0. The first-order valence-corrected chi connectivity index (χ1v) is 8.56. The predicted octanol–water partition coefficient (Wildman–Crippen LogP) is 2.22. The number of likely N-dealkylation sites (tertiary alicyclic amines) is 1. The average molecular weight is 313 g/mol. The van der Waals surface area contributed by atoms with E-state index in [9.17, 15) is 4.79 Å². The van der Waals surface area contributed by atoms with Crippen LogP contribution in [0.5, 0.6) is 0 Å². The second-order valence-electron chi connectivity index (χ2n) is 6.68. The molecule has 0 atom stereocenters. The van der Waals surface area contributed by atoms with Gasteiger partial charge in [-0.3, -0.25) is 4.90 Å². The molecule has 4 rings (SSSR count). The molecule has 0 bridgehead atoms. The maximum absolute atomic E-state index is 12.4. The minimum absolute atomic E-state index is 0.0363. The summed E-state index contributed by atoms with van der Waals surface area (Å²) in [5, 5.41) is 2.92. The molecule has 6 heteroatoms. The lowest BCUT2D eigenvalue weighted by Crippen LogP contribution is -2.47. The van der Waals surface area contributed by atoms with Crippen LogP contribution in [0.25, 0.3) is 0 Å². The number of nitrogens with one attached hydrogen (secondary N) is 1. The summed E-state index contributed by atoms with van der Waals surface area (Å²) in [5.74, 6) is 1.45. The van der Waals surface area contributed by atoms with Crippen LogP contribution in [0.3, 0.4) is 0 Å². The van der Waals surface area contributed by atoms with Gasteiger partial charge in [0, 0.05) is 38.1 Å².